The normalized spacial score (nSPS) is 19.6. The molecule has 1 aromatic rings. The second-order valence-corrected chi connectivity index (χ2v) is 6.71. The van der Waals surface area contributed by atoms with Crippen molar-refractivity contribution in [2.45, 2.75) is 46.4 Å². The number of morpholine rings is 1. The predicted octanol–water partition coefficient (Wildman–Crippen LogP) is 2.64. The number of furan rings is 1. The molecule has 0 amide bonds. The molecule has 1 fully saturated rings. The molecule has 114 valence electrons. The van der Waals surface area contributed by atoms with Crippen LogP contribution >= 0.6 is 0 Å². The number of nitrogens with one attached hydrogen (secondary N) is 1. The lowest BCUT2D eigenvalue weighted by molar-refractivity contribution is -0.0895. The third-order valence-corrected chi connectivity index (χ3v) is 3.58. The van der Waals surface area contributed by atoms with Crippen molar-refractivity contribution in [1.29, 1.82) is 0 Å². The summed E-state index contributed by atoms with van der Waals surface area (Å²) < 4.78 is 11.4. The first-order valence-electron chi connectivity index (χ1n) is 7.58. The Balaban J connectivity index is 1.88. The molecule has 0 saturated carbocycles. The molecular formula is C16H28N2O2. The molecule has 1 N–H and O–H groups in total. The van der Waals surface area contributed by atoms with E-state index in [1.807, 2.05) is 0 Å². The van der Waals surface area contributed by atoms with Gasteiger partial charge in [0.15, 0.2) is 0 Å². The molecule has 2 heterocycles. The third-order valence-electron chi connectivity index (χ3n) is 3.58. The summed E-state index contributed by atoms with van der Waals surface area (Å²) >= 11 is 0. The van der Waals surface area contributed by atoms with Gasteiger partial charge in [-0.1, -0.05) is 13.8 Å². The summed E-state index contributed by atoms with van der Waals surface area (Å²) in [5.74, 6) is 1.75. The molecule has 1 saturated heterocycles. The fourth-order valence-electron chi connectivity index (χ4n) is 2.61. The van der Waals surface area contributed by atoms with Crippen LogP contribution in [0.1, 0.15) is 39.0 Å². The average molecular weight is 280 g/mol. The molecule has 1 aliphatic heterocycles. The van der Waals surface area contributed by atoms with E-state index in [0.717, 1.165) is 45.1 Å². The second-order valence-electron chi connectivity index (χ2n) is 6.71. The minimum atomic E-state index is -0.0547. The van der Waals surface area contributed by atoms with Crippen LogP contribution < -0.4 is 5.32 Å². The van der Waals surface area contributed by atoms with Crippen LogP contribution in [0, 0.1) is 5.92 Å². The second kappa shape index (κ2) is 6.74. The van der Waals surface area contributed by atoms with E-state index < -0.39 is 0 Å². The van der Waals surface area contributed by atoms with Crippen LogP contribution in [-0.2, 0) is 17.8 Å². The van der Waals surface area contributed by atoms with E-state index in [2.05, 4.69) is 44.0 Å². The van der Waals surface area contributed by atoms with E-state index in [0.29, 0.717) is 5.92 Å². The molecule has 1 aliphatic rings. The molecule has 0 atom stereocenters. The summed E-state index contributed by atoms with van der Waals surface area (Å²) in [7, 11) is 0. The first-order chi connectivity index (χ1) is 9.46. The van der Waals surface area contributed by atoms with Gasteiger partial charge in [-0.25, -0.2) is 0 Å². The number of nitrogens with zero attached hydrogens (tertiary/aromatic N) is 1. The monoisotopic (exact) mass is 280 g/mol. The smallest absolute Gasteiger partial charge is 0.122 e. The topological polar surface area (TPSA) is 37.6 Å². The summed E-state index contributed by atoms with van der Waals surface area (Å²) in [6.45, 7) is 14.3. The Morgan fingerprint density at radius 3 is 2.90 bits per heavy atom. The first-order valence-corrected chi connectivity index (χ1v) is 7.58. The number of rotatable bonds is 6. The van der Waals surface area contributed by atoms with Gasteiger partial charge in [-0.2, -0.15) is 0 Å². The molecule has 0 unspecified atom stereocenters. The predicted molar refractivity (Wildman–Crippen MR) is 80.6 cm³/mol. The molecule has 0 bridgehead atoms. The maximum atomic E-state index is 5.75. The van der Waals surface area contributed by atoms with Crippen molar-refractivity contribution in [1.82, 2.24) is 10.2 Å². The molecule has 1 aromatic heterocycles. The van der Waals surface area contributed by atoms with Gasteiger partial charge in [0.2, 0.25) is 0 Å². The zero-order chi connectivity index (χ0) is 14.6. The lowest BCUT2D eigenvalue weighted by Crippen LogP contribution is -2.47. The van der Waals surface area contributed by atoms with E-state index in [1.54, 1.807) is 6.26 Å². The number of ether oxygens (including phenoxy) is 1. The van der Waals surface area contributed by atoms with Crippen LogP contribution in [0.5, 0.6) is 0 Å². The van der Waals surface area contributed by atoms with Crippen molar-refractivity contribution in [3.63, 3.8) is 0 Å². The molecule has 4 nitrogen and oxygen atoms in total. The summed E-state index contributed by atoms with van der Waals surface area (Å²) in [4.78, 5) is 2.41. The Bertz CT molecular complexity index is 412. The van der Waals surface area contributed by atoms with Gasteiger partial charge in [0, 0.05) is 25.2 Å². The lowest BCUT2D eigenvalue weighted by atomic mass is 10.1. The molecule has 0 spiro atoms. The Morgan fingerprint density at radius 1 is 1.40 bits per heavy atom. The van der Waals surface area contributed by atoms with Crippen molar-refractivity contribution in [2.24, 2.45) is 5.92 Å². The molecular weight excluding hydrogens is 252 g/mol. The van der Waals surface area contributed by atoms with Crippen LogP contribution in [0.3, 0.4) is 0 Å². The highest BCUT2D eigenvalue weighted by molar-refractivity contribution is 5.17. The van der Waals surface area contributed by atoms with Gasteiger partial charge in [-0.05, 0) is 32.4 Å². The molecule has 0 aliphatic carbocycles. The Kier molecular flexibility index (Phi) is 5.24. The van der Waals surface area contributed by atoms with Crippen molar-refractivity contribution >= 4 is 0 Å². The number of hydrogen-bond acceptors (Lipinski definition) is 4. The summed E-state index contributed by atoms with van der Waals surface area (Å²) in [5.41, 5.74) is 1.22. The highest BCUT2D eigenvalue weighted by atomic mass is 16.5. The fourth-order valence-corrected chi connectivity index (χ4v) is 2.61. The van der Waals surface area contributed by atoms with Gasteiger partial charge in [0.25, 0.3) is 0 Å². The quantitative estimate of drug-likeness (QED) is 0.869. The summed E-state index contributed by atoms with van der Waals surface area (Å²) in [6, 6.07) is 2.08. The van der Waals surface area contributed by atoms with Gasteiger partial charge in [-0.3, -0.25) is 4.90 Å². The summed E-state index contributed by atoms with van der Waals surface area (Å²) in [5, 5.41) is 3.48. The van der Waals surface area contributed by atoms with E-state index >= 15 is 0 Å². The Labute approximate surface area is 122 Å². The zero-order valence-electron chi connectivity index (χ0n) is 13.2. The molecule has 0 radical (unpaired) electrons. The van der Waals surface area contributed by atoms with E-state index in [-0.39, 0.29) is 5.60 Å². The van der Waals surface area contributed by atoms with Crippen molar-refractivity contribution in [3.05, 3.63) is 23.7 Å². The van der Waals surface area contributed by atoms with E-state index in [9.17, 15) is 0 Å². The zero-order valence-corrected chi connectivity index (χ0v) is 13.2. The molecule has 0 aromatic carbocycles. The largest absolute Gasteiger partial charge is 0.468 e. The third kappa shape index (κ3) is 4.62. The minimum Gasteiger partial charge on any atom is -0.468 e. The van der Waals surface area contributed by atoms with Crippen molar-refractivity contribution in [2.75, 3.05) is 26.2 Å². The van der Waals surface area contributed by atoms with Gasteiger partial charge < -0.3 is 14.5 Å². The maximum Gasteiger partial charge on any atom is 0.122 e. The Morgan fingerprint density at radius 2 is 2.20 bits per heavy atom. The van der Waals surface area contributed by atoms with Gasteiger partial charge >= 0.3 is 0 Å². The van der Waals surface area contributed by atoms with E-state index in [4.69, 9.17) is 9.15 Å². The van der Waals surface area contributed by atoms with Crippen LogP contribution in [0.25, 0.3) is 0 Å². The molecule has 2 rings (SSSR count). The van der Waals surface area contributed by atoms with Crippen LogP contribution in [0.15, 0.2) is 16.7 Å². The molecule has 4 heteroatoms. The fraction of sp³-hybridized carbons (Fsp3) is 0.750. The van der Waals surface area contributed by atoms with Crippen LogP contribution in [-0.4, -0.2) is 36.7 Å². The maximum absolute atomic E-state index is 5.75. The van der Waals surface area contributed by atoms with Gasteiger partial charge in [0.05, 0.1) is 25.0 Å². The van der Waals surface area contributed by atoms with Crippen molar-refractivity contribution in [3.8, 4) is 0 Å². The molecule has 20 heavy (non-hydrogen) atoms. The minimum absolute atomic E-state index is 0.0547. The van der Waals surface area contributed by atoms with Crippen molar-refractivity contribution < 1.29 is 9.15 Å². The standard InChI is InChI=1S/C16H28N2O2/c1-13(2)9-17-10-14-5-7-19-15(14)11-18-6-8-20-16(3,4)12-18/h5,7,13,17H,6,8-12H2,1-4H3. The van der Waals surface area contributed by atoms with Crippen LogP contribution in [0.2, 0.25) is 0 Å². The lowest BCUT2D eigenvalue weighted by Gasteiger charge is -2.37. The van der Waals surface area contributed by atoms with E-state index in [1.165, 1.54) is 5.56 Å². The summed E-state index contributed by atoms with van der Waals surface area (Å²) in [6.07, 6.45) is 1.80. The highest BCUT2D eigenvalue weighted by Gasteiger charge is 2.27. The number of hydrogen-bond donors (Lipinski definition) is 1. The van der Waals surface area contributed by atoms with Gasteiger partial charge in [-0.15, -0.1) is 0 Å². The van der Waals surface area contributed by atoms with Crippen LogP contribution in [0.4, 0.5) is 0 Å². The first kappa shape index (κ1) is 15.5. The Hall–Kier alpha value is -0.840. The van der Waals surface area contributed by atoms with Gasteiger partial charge in [0.1, 0.15) is 5.76 Å². The highest BCUT2D eigenvalue weighted by Crippen LogP contribution is 2.20. The average Bonchev–Trinajstić information content (AvgIpc) is 2.75. The SMILES string of the molecule is CC(C)CNCc1ccoc1CN1CCOC(C)(C)C1.